The molecule has 0 radical (unpaired) electrons. The summed E-state index contributed by atoms with van der Waals surface area (Å²) in [6.45, 7) is 3.25. The van der Waals surface area contributed by atoms with Crippen LogP contribution >= 0.6 is 0 Å². The molecule has 0 spiro atoms. The summed E-state index contributed by atoms with van der Waals surface area (Å²) in [6.07, 6.45) is 11.1. The van der Waals surface area contributed by atoms with Crippen LogP contribution in [0.2, 0.25) is 0 Å². The Bertz CT molecular complexity index is 386. The molecular weight excluding hydrogens is 254 g/mol. The van der Waals surface area contributed by atoms with Gasteiger partial charge in [0, 0.05) is 25.5 Å². The van der Waals surface area contributed by atoms with E-state index in [0.29, 0.717) is 12.6 Å². The Hall–Kier alpha value is -1.36. The summed E-state index contributed by atoms with van der Waals surface area (Å²) >= 11 is 0. The van der Waals surface area contributed by atoms with Gasteiger partial charge < -0.3 is 10.1 Å². The van der Waals surface area contributed by atoms with Gasteiger partial charge in [0.2, 0.25) is 5.91 Å². The summed E-state index contributed by atoms with van der Waals surface area (Å²) in [5.41, 5.74) is 0. The number of rotatable bonds is 7. The second kappa shape index (κ2) is 8.04. The minimum absolute atomic E-state index is 0.00589. The quantitative estimate of drug-likeness (QED) is 0.779. The molecule has 1 heterocycles. The minimum atomic E-state index is -0.260. The van der Waals surface area contributed by atoms with Crippen LogP contribution < -0.4 is 5.32 Å². The van der Waals surface area contributed by atoms with Crippen molar-refractivity contribution < 1.29 is 9.53 Å². The number of aromatic nitrogens is 2. The monoisotopic (exact) mass is 279 g/mol. The molecule has 1 atom stereocenters. The third-order valence-corrected chi connectivity index (χ3v) is 3.83. The molecule has 5 nitrogen and oxygen atoms in total. The maximum atomic E-state index is 11.9. The van der Waals surface area contributed by atoms with Gasteiger partial charge in [-0.05, 0) is 32.3 Å². The topological polar surface area (TPSA) is 56.1 Å². The van der Waals surface area contributed by atoms with Crippen LogP contribution in [0.25, 0.3) is 0 Å². The van der Waals surface area contributed by atoms with E-state index in [2.05, 4.69) is 10.4 Å². The number of amides is 1. The van der Waals surface area contributed by atoms with Crippen LogP contribution in [0, 0.1) is 0 Å². The highest BCUT2D eigenvalue weighted by Gasteiger charge is 2.15. The van der Waals surface area contributed by atoms with Crippen LogP contribution in [0.1, 0.15) is 51.5 Å². The predicted molar refractivity (Wildman–Crippen MR) is 77.4 cm³/mol. The van der Waals surface area contributed by atoms with E-state index in [4.69, 9.17) is 4.74 Å². The van der Waals surface area contributed by atoms with Crippen molar-refractivity contribution in [1.82, 2.24) is 15.1 Å². The molecular formula is C15H25N3O2. The SMILES string of the molecule is C[C@@H](C(=O)NCCCOC1CCCCC1)n1cccn1. The Balaban J connectivity index is 1.55. The van der Waals surface area contributed by atoms with Crippen LogP contribution in [-0.2, 0) is 9.53 Å². The smallest absolute Gasteiger partial charge is 0.244 e. The molecule has 20 heavy (non-hydrogen) atoms. The van der Waals surface area contributed by atoms with Gasteiger partial charge in [0.15, 0.2) is 0 Å². The maximum absolute atomic E-state index is 11.9. The third-order valence-electron chi connectivity index (χ3n) is 3.83. The molecule has 1 aliphatic rings. The van der Waals surface area contributed by atoms with Crippen molar-refractivity contribution in [3.8, 4) is 0 Å². The van der Waals surface area contributed by atoms with Crippen molar-refractivity contribution in [2.24, 2.45) is 0 Å². The lowest BCUT2D eigenvalue weighted by Crippen LogP contribution is -2.32. The van der Waals surface area contributed by atoms with Crippen molar-refractivity contribution >= 4 is 5.91 Å². The van der Waals surface area contributed by atoms with E-state index in [-0.39, 0.29) is 11.9 Å². The van der Waals surface area contributed by atoms with Gasteiger partial charge in [-0.2, -0.15) is 5.10 Å². The summed E-state index contributed by atoms with van der Waals surface area (Å²) in [5.74, 6) is 0.00589. The zero-order valence-corrected chi connectivity index (χ0v) is 12.3. The van der Waals surface area contributed by atoms with Crippen LogP contribution in [0.5, 0.6) is 0 Å². The molecule has 1 aromatic rings. The number of hydrogen-bond donors (Lipinski definition) is 1. The summed E-state index contributed by atoms with van der Waals surface area (Å²) in [4.78, 5) is 11.9. The van der Waals surface area contributed by atoms with Crippen molar-refractivity contribution in [2.45, 2.75) is 57.6 Å². The van der Waals surface area contributed by atoms with Crippen LogP contribution in [0.4, 0.5) is 0 Å². The number of nitrogens with one attached hydrogen (secondary N) is 1. The molecule has 1 saturated carbocycles. The van der Waals surface area contributed by atoms with Crippen LogP contribution in [0.15, 0.2) is 18.5 Å². The molecule has 0 aliphatic heterocycles. The van der Waals surface area contributed by atoms with Gasteiger partial charge in [-0.15, -0.1) is 0 Å². The Morgan fingerprint density at radius 2 is 2.25 bits per heavy atom. The van der Waals surface area contributed by atoms with Gasteiger partial charge in [0.1, 0.15) is 6.04 Å². The Labute approximate surface area is 120 Å². The third kappa shape index (κ3) is 4.63. The fourth-order valence-electron chi connectivity index (χ4n) is 2.54. The highest BCUT2D eigenvalue weighted by Crippen LogP contribution is 2.20. The van der Waals surface area contributed by atoms with Gasteiger partial charge in [0.25, 0.3) is 0 Å². The van der Waals surface area contributed by atoms with Crippen molar-refractivity contribution in [3.63, 3.8) is 0 Å². The highest BCUT2D eigenvalue weighted by atomic mass is 16.5. The van der Waals surface area contributed by atoms with Gasteiger partial charge in [-0.25, -0.2) is 0 Å². The zero-order chi connectivity index (χ0) is 14.2. The summed E-state index contributed by atoms with van der Waals surface area (Å²) in [7, 11) is 0. The van der Waals surface area contributed by atoms with Crippen molar-refractivity contribution in [1.29, 1.82) is 0 Å². The van der Waals surface area contributed by atoms with Crippen molar-refractivity contribution in [2.75, 3.05) is 13.2 Å². The summed E-state index contributed by atoms with van der Waals surface area (Å²) in [6, 6.07) is 1.56. The molecule has 0 bridgehead atoms. The first kappa shape index (κ1) is 15.0. The Kier molecular flexibility index (Phi) is 6.05. The highest BCUT2D eigenvalue weighted by molar-refractivity contribution is 5.79. The van der Waals surface area contributed by atoms with Gasteiger partial charge in [-0.1, -0.05) is 19.3 Å². The molecule has 1 aromatic heterocycles. The van der Waals surface area contributed by atoms with E-state index >= 15 is 0 Å². The zero-order valence-electron chi connectivity index (χ0n) is 12.3. The number of carbonyl (C=O) groups is 1. The van der Waals surface area contributed by atoms with Crippen LogP contribution in [0.3, 0.4) is 0 Å². The van der Waals surface area contributed by atoms with Crippen LogP contribution in [-0.4, -0.2) is 34.9 Å². The van der Waals surface area contributed by atoms with Crippen molar-refractivity contribution in [3.05, 3.63) is 18.5 Å². The predicted octanol–water partition coefficient (Wildman–Crippen LogP) is 2.30. The van der Waals surface area contributed by atoms with E-state index in [1.54, 1.807) is 17.1 Å². The first-order chi connectivity index (χ1) is 9.77. The molecule has 112 valence electrons. The largest absolute Gasteiger partial charge is 0.378 e. The summed E-state index contributed by atoms with van der Waals surface area (Å²) in [5, 5.41) is 7.00. The summed E-state index contributed by atoms with van der Waals surface area (Å²) < 4.78 is 7.49. The fraction of sp³-hybridized carbons (Fsp3) is 0.733. The molecule has 2 rings (SSSR count). The molecule has 0 unspecified atom stereocenters. The molecule has 1 amide bonds. The van der Waals surface area contributed by atoms with E-state index < -0.39 is 0 Å². The lowest BCUT2D eigenvalue weighted by molar-refractivity contribution is -0.124. The average Bonchev–Trinajstić information content (AvgIpc) is 3.01. The molecule has 1 aliphatic carbocycles. The molecule has 1 fully saturated rings. The van der Waals surface area contributed by atoms with Gasteiger partial charge in [0.05, 0.1) is 6.10 Å². The first-order valence-electron chi connectivity index (χ1n) is 7.66. The Morgan fingerprint density at radius 3 is 2.95 bits per heavy atom. The van der Waals surface area contributed by atoms with Gasteiger partial charge >= 0.3 is 0 Å². The lowest BCUT2D eigenvalue weighted by atomic mass is 9.98. The lowest BCUT2D eigenvalue weighted by Gasteiger charge is -2.22. The molecule has 0 saturated heterocycles. The molecule has 0 aromatic carbocycles. The van der Waals surface area contributed by atoms with E-state index in [0.717, 1.165) is 13.0 Å². The molecule has 5 heteroatoms. The maximum Gasteiger partial charge on any atom is 0.244 e. The second-order valence-corrected chi connectivity index (χ2v) is 5.44. The number of ether oxygens (including phenoxy) is 1. The number of hydrogen-bond acceptors (Lipinski definition) is 3. The molecule has 1 N–H and O–H groups in total. The Morgan fingerprint density at radius 1 is 1.45 bits per heavy atom. The normalized spacial score (nSPS) is 17.9. The second-order valence-electron chi connectivity index (χ2n) is 5.44. The van der Waals surface area contributed by atoms with E-state index in [1.807, 2.05) is 13.0 Å². The average molecular weight is 279 g/mol. The van der Waals surface area contributed by atoms with E-state index in [1.165, 1.54) is 32.1 Å². The van der Waals surface area contributed by atoms with Gasteiger partial charge in [-0.3, -0.25) is 9.48 Å². The fourth-order valence-corrected chi connectivity index (χ4v) is 2.54. The first-order valence-corrected chi connectivity index (χ1v) is 7.66. The number of nitrogens with zero attached hydrogens (tertiary/aromatic N) is 2. The standard InChI is InChI=1S/C15H25N3O2/c1-13(18-11-5-10-17-18)15(19)16-9-6-12-20-14-7-3-2-4-8-14/h5,10-11,13-14H,2-4,6-9,12H2,1H3,(H,16,19)/t13-/m0/s1. The number of carbonyl (C=O) groups excluding carboxylic acids is 1. The minimum Gasteiger partial charge on any atom is -0.378 e. The van der Waals surface area contributed by atoms with E-state index in [9.17, 15) is 4.79 Å².